The second-order valence-corrected chi connectivity index (χ2v) is 2.32. The first-order chi connectivity index (χ1) is 6.09. The van der Waals surface area contributed by atoms with Gasteiger partial charge in [-0.2, -0.15) is 5.10 Å². The molecule has 0 unspecified atom stereocenters. The Bertz CT molecular complexity index is 333. The number of aryl methyl sites for hydroxylation is 1. The highest BCUT2D eigenvalue weighted by atomic mass is 16.4. The molecule has 0 saturated heterocycles. The van der Waals surface area contributed by atoms with E-state index in [4.69, 9.17) is 5.11 Å². The van der Waals surface area contributed by atoms with Gasteiger partial charge in [0, 0.05) is 0 Å². The summed E-state index contributed by atoms with van der Waals surface area (Å²) in [5.74, 6) is -0.778. The summed E-state index contributed by atoms with van der Waals surface area (Å²) in [4.78, 5) is 21.0. The number of hydrogen-bond acceptors (Lipinski definition) is 4. The highest BCUT2D eigenvalue weighted by Crippen LogP contribution is 1.94. The molecule has 0 aliphatic rings. The molecule has 1 aromatic heterocycles. The molecule has 0 aromatic carbocycles. The van der Waals surface area contributed by atoms with E-state index < -0.39 is 12.0 Å². The van der Waals surface area contributed by atoms with Crippen LogP contribution in [0, 0.1) is 6.92 Å². The van der Waals surface area contributed by atoms with Crippen LogP contribution in [0.15, 0.2) is 12.1 Å². The van der Waals surface area contributed by atoms with Crippen LogP contribution < -0.4 is 5.32 Å². The number of rotatable bonds is 1. The number of carbonyl (C=O) groups is 2. The van der Waals surface area contributed by atoms with Gasteiger partial charge in [0.15, 0.2) is 5.69 Å². The molecule has 6 nitrogen and oxygen atoms in total. The summed E-state index contributed by atoms with van der Waals surface area (Å²) in [5.41, 5.74) is 0.639. The molecule has 6 heteroatoms. The number of amides is 2. The number of imide groups is 1. The molecule has 0 spiro atoms. The van der Waals surface area contributed by atoms with Crippen molar-refractivity contribution >= 4 is 12.0 Å². The number of hydrogen-bond donors (Lipinski definition) is 2. The third kappa shape index (κ3) is 2.51. The van der Waals surface area contributed by atoms with E-state index in [0.717, 1.165) is 0 Å². The van der Waals surface area contributed by atoms with Gasteiger partial charge in [-0.1, -0.05) is 0 Å². The lowest BCUT2D eigenvalue weighted by Crippen LogP contribution is -2.29. The minimum Gasteiger partial charge on any atom is -0.465 e. The van der Waals surface area contributed by atoms with Crippen LogP contribution in [0.2, 0.25) is 0 Å². The maximum Gasteiger partial charge on any atom is 0.411 e. The van der Waals surface area contributed by atoms with Crippen molar-refractivity contribution in [2.45, 2.75) is 6.92 Å². The first-order valence-electron chi connectivity index (χ1n) is 3.44. The molecule has 68 valence electrons. The van der Waals surface area contributed by atoms with Crippen LogP contribution in [0.4, 0.5) is 4.79 Å². The number of carbonyl (C=O) groups excluding carboxylic acids is 1. The predicted octanol–water partition coefficient (Wildman–Crippen LogP) is 0.193. The van der Waals surface area contributed by atoms with E-state index >= 15 is 0 Å². The summed E-state index contributed by atoms with van der Waals surface area (Å²) in [6, 6.07) is 2.98. The van der Waals surface area contributed by atoms with Gasteiger partial charge in [-0.25, -0.2) is 4.79 Å². The maximum absolute atomic E-state index is 11.0. The molecule has 0 aliphatic carbocycles. The Labute approximate surface area is 73.6 Å². The normalized spacial score (nSPS) is 9.31. The van der Waals surface area contributed by atoms with Gasteiger partial charge in [-0.05, 0) is 19.1 Å². The summed E-state index contributed by atoms with van der Waals surface area (Å²) in [6.07, 6.45) is -1.41. The van der Waals surface area contributed by atoms with Gasteiger partial charge >= 0.3 is 6.09 Å². The average molecular weight is 181 g/mol. The average Bonchev–Trinajstić information content (AvgIpc) is 2.04. The molecule has 0 bridgehead atoms. The van der Waals surface area contributed by atoms with Gasteiger partial charge in [-0.3, -0.25) is 10.1 Å². The first kappa shape index (κ1) is 9.11. The molecule has 1 heterocycles. The molecule has 13 heavy (non-hydrogen) atoms. The van der Waals surface area contributed by atoms with Crippen LogP contribution in [-0.4, -0.2) is 27.3 Å². The fourth-order valence-corrected chi connectivity index (χ4v) is 0.681. The molecule has 1 rings (SSSR count). The largest absolute Gasteiger partial charge is 0.465 e. The molecule has 0 atom stereocenters. The van der Waals surface area contributed by atoms with Gasteiger partial charge in [0.2, 0.25) is 0 Å². The highest BCUT2D eigenvalue weighted by Gasteiger charge is 2.09. The minimum atomic E-state index is -1.41. The fraction of sp³-hybridized carbons (Fsp3) is 0.143. The van der Waals surface area contributed by atoms with Crippen molar-refractivity contribution in [3.05, 3.63) is 23.5 Å². The third-order valence-corrected chi connectivity index (χ3v) is 1.25. The molecule has 0 radical (unpaired) electrons. The summed E-state index contributed by atoms with van der Waals surface area (Å²) in [5, 5.41) is 17.0. The maximum atomic E-state index is 11.0. The van der Waals surface area contributed by atoms with Crippen molar-refractivity contribution in [3.63, 3.8) is 0 Å². The Morgan fingerprint density at radius 2 is 2.08 bits per heavy atom. The van der Waals surface area contributed by atoms with Crippen LogP contribution in [-0.2, 0) is 0 Å². The van der Waals surface area contributed by atoms with Gasteiger partial charge in [0.05, 0.1) is 5.69 Å². The second-order valence-electron chi connectivity index (χ2n) is 2.32. The Balaban J connectivity index is 2.78. The molecule has 1 aromatic rings. The standard InChI is InChI=1S/C7H7N3O3/c1-4-2-3-5(10-9-4)6(11)8-7(12)13/h2-3H,1H3,(H,8,11)(H,12,13). The number of aromatic nitrogens is 2. The smallest absolute Gasteiger partial charge is 0.411 e. The lowest BCUT2D eigenvalue weighted by atomic mass is 10.3. The second kappa shape index (κ2) is 3.61. The fourth-order valence-electron chi connectivity index (χ4n) is 0.681. The van der Waals surface area contributed by atoms with E-state index in [0.29, 0.717) is 5.69 Å². The molecule has 0 aliphatic heterocycles. The molecule has 2 N–H and O–H groups in total. The van der Waals surface area contributed by atoms with Crippen LogP contribution >= 0.6 is 0 Å². The zero-order valence-corrected chi connectivity index (χ0v) is 6.81. The molecule has 0 fully saturated rings. The number of nitrogens with one attached hydrogen (secondary N) is 1. The Morgan fingerprint density at radius 3 is 2.54 bits per heavy atom. The van der Waals surface area contributed by atoms with E-state index in [9.17, 15) is 9.59 Å². The minimum absolute atomic E-state index is 0.0204. The number of carboxylic acid groups (broad SMARTS) is 1. The molecule has 0 saturated carbocycles. The van der Waals surface area contributed by atoms with Gasteiger partial charge < -0.3 is 5.11 Å². The van der Waals surface area contributed by atoms with Crippen LogP contribution in [0.25, 0.3) is 0 Å². The quantitative estimate of drug-likeness (QED) is 0.645. The zero-order valence-electron chi connectivity index (χ0n) is 6.81. The van der Waals surface area contributed by atoms with Gasteiger partial charge in [0.1, 0.15) is 0 Å². The summed E-state index contributed by atoms with van der Waals surface area (Å²) >= 11 is 0. The van der Waals surface area contributed by atoms with Crippen molar-refractivity contribution in [2.24, 2.45) is 0 Å². The third-order valence-electron chi connectivity index (χ3n) is 1.25. The summed E-state index contributed by atoms with van der Waals surface area (Å²) < 4.78 is 0. The van der Waals surface area contributed by atoms with E-state index in [1.165, 1.54) is 6.07 Å². The van der Waals surface area contributed by atoms with Crippen LogP contribution in [0.3, 0.4) is 0 Å². The van der Waals surface area contributed by atoms with Crippen LogP contribution in [0.1, 0.15) is 16.2 Å². The van der Waals surface area contributed by atoms with Gasteiger partial charge in [0.25, 0.3) is 5.91 Å². The SMILES string of the molecule is Cc1ccc(C(=O)NC(=O)O)nn1. The van der Waals surface area contributed by atoms with Crippen molar-refractivity contribution < 1.29 is 14.7 Å². The Morgan fingerprint density at radius 1 is 1.38 bits per heavy atom. The Kier molecular flexibility index (Phi) is 2.53. The lowest BCUT2D eigenvalue weighted by molar-refractivity contribution is 0.0942. The topological polar surface area (TPSA) is 92.2 Å². The molecular weight excluding hydrogens is 174 g/mol. The highest BCUT2D eigenvalue weighted by molar-refractivity contribution is 6.00. The first-order valence-corrected chi connectivity index (χ1v) is 3.44. The summed E-state index contributed by atoms with van der Waals surface area (Å²) in [7, 11) is 0. The lowest BCUT2D eigenvalue weighted by Gasteiger charge is -1.97. The Hall–Kier alpha value is -1.98. The van der Waals surface area contributed by atoms with E-state index in [-0.39, 0.29) is 5.69 Å². The van der Waals surface area contributed by atoms with Crippen molar-refractivity contribution in [1.29, 1.82) is 0 Å². The van der Waals surface area contributed by atoms with Crippen LogP contribution in [0.5, 0.6) is 0 Å². The molecular formula is C7H7N3O3. The monoisotopic (exact) mass is 181 g/mol. The van der Waals surface area contributed by atoms with Crippen molar-refractivity contribution in [1.82, 2.24) is 15.5 Å². The van der Waals surface area contributed by atoms with E-state index in [2.05, 4.69) is 10.2 Å². The predicted molar refractivity (Wildman–Crippen MR) is 42.3 cm³/mol. The van der Waals surface area contributed by atoms with E-state index in [1.54, 1.807) is 18.3 Å². The van der Waals surface area contributed by atoms with E-state index in [1.807, 2.05) is 0 Å². The molecule has 2 amide bonds. The van der Waals surface area contributed by atoms with Gasteiger partial charge in [-0.15, -0.1) is 5.10 Å². The zero-order chi connectivity index (χ0) is 9.84. The number of nitrogens with zero attached hydrogens (tertiary/aromatic N) is 2. The van der Waals surface area contributed by atoms with Crippen molar-refractivity contribution in [2.75, 3.05) is 0 Å². The summed E-state index contributed by atoms with van der Waals surface area (Å²) in [6.45, 7) is 1.71. The van der Waals surface area contributed by atoms with Crippen molar-refractivity contribution in [3.8, 4) is 0 Å².